The third kappa shape index (κ3) is 7.06. The fourth-order valence-electron chi connectivity index (χ4n) is 8.21. The van der Waals surface area contributed by atoms with E-state index in [1.807, 2.05) is 0 Å². The Morgan fingerprint density at radius 3 is 1.56 bits per heavy atom. The van der Waals surface area contributed by atoms with Gasteiger partial charge >= 0.3 is 0 Å². The zero-order valence-corrected chi connectivity index (χ0v) is 27.7. The van der Waals surface area contributed by atoms with Crippen LogP contribution >= 0.6 is 0 Å². The lowest BCUT2D eigenvalue weighted by atomic mass is 9.91. The third-order valence-corrected chi connectivity index (χ3v) is 21.5. The fraction of sp³-hybridized carbons (Fsp3) is 0.543. The molecule has 2 aromatic carbocycles. The van der Waals surface area contributed by atoms with Gasteiger partial charge in [-0.2, -0.15) is 0 Å². The molecule has 6 atom stereocenters. The van der Waals surface area contributed by atoms with Gasteiger partial charge in [-0.1, -0.05) is 116 Å². The van der Waals surface area contributed by atoms with Gasteiger partial charge in [0.2, 0.25) is 0 Å². The number of rotatable bonds is 8. The van der Waals surface area contributed by atoms with Crippen LogP contribution in [-0.4, -0.2) is 24.7 Å². The minimum absolute atomic E-state index is 0. The van der Waals surface area contributed by atoms with Gasteiger partial charge in [0, 0.05) is 0 Å². The van der Waals surface area contributed by atoms with Crippen LogP contribution in [0, 0.1) is 29.6 Å². The highest BCUT2D eigenvalue weighted by Crippen LogP contribution is 2.52. The van der Waals surface area contributed by atoms with E-state index in [0.29, 0.717) is 0 Å². The minimum atomic E-state index is -1.62. The summed E-state index contributed by atoms with van der Waals surface area (Å²) in [6.07, 6.45) is 16.9. The van der Waals surface area contributed by atoms with Crippen molar-refractivity contribution in [2.24, 2.45) is 29.6 Å². The van der Waals surface area contributed by atoms with Gasteiger partial charge in [0.05, 0.1) is 0 Å². The number of hydrogen-bond donors (Lipinski definition) is 0. The standard InChI is InChI=1S/C22H26Si.C12H24OSi2.CH4/c1-23(21-8-4-2-5-9-21,22-10-6-3-7-11-22)15-14-20-17-18-12-13-19(20)16-18;1-14(2,3)13-15(4,5)12-9-10-6-7-11(12)8-10;/h2-13,18-20H,14-17H2,1H3;6-7,10-12H,8-9H2,1-5H3;1H4. The van der Waals surface area contributed by atoms with Crippen molar-refractivity contribution in [1.82, 2.24) is 0 Å². The van der Waals surface area contributed by atoms with Crippen molar-refractivity contribution in [2.75, 3.05) is 0 Å². The molecule has 4 aliphatic carbocycles. The predicted octanol–water partition coefficient (Wildman–Crippen LogP) is 9.13. The first kappa shape index (κ1) is 30.5. The molecular weight excluding hydrogens is 521 g/mol. The zero-order chi connectivity index (χ0) is 27.0. The summed E-state index contributed by atoms with van der Waals surface area (Å²) in [4.78, 5) is 0. The smallest absolute Gasteiger partial charge is 0.177 e. The largest absolute Gasteiger partial charge is 0.455 e. The first-order valence-corrected chi connectivity index (χ1v) is 24.3. The van der Waals surface area contributed by atoms with Crippen LogP contribution in [0.5, 0.6) is 0 Å². The molecule has 6 rings (SSSR count). The lowest BCUT2D eigenvalue weighted by Gasteiger charge is -2.38. The van der Waals surface area contributed by atoms with Crippen molar-refractivity contribution >= 4 is 35.1 Å². The van der Waals surface area contributed by atoms with Crippen LogP contribution in [0.1, 0.15) is 39.5 Å². The zero-order valence-electron chi connectivity index (χ0n) is 24.7. The van der Waals surface area contributed by atoms with E-state index in [1.165, 1.54) is 38.1 Å². The summed E-state index contributed by atoms with van der Waals surface area (Å²) in [5.74, 6) is 4.45. The van der Waals surface area contributed by atoms with Crippen molar-refractivity contribution in [1.29, 1.82) is 0 Å². The second kappa shape index (κ2) is 12.2. The van der Waals surface area contributed by atoms with Crippen LogP contribution < -0.4 is 10.4 Å². The number of benzene rings is 2. The van der Waals surface area contributed by atoms with Gasteiger partial charge in [-0.05, 0) is 99.6 Å². The van der Waals surface area contributed by atoms with E-state index in [4.69, 9.17) is 4.12 Å². The molecule has 6 unspecified atom stereocenters. The Balaban J connectivity index is 0.000000192. The van der Waals surface area contributed by atoms with E-state index in [0.717, 1.165) is 35.1 Å². The summed E-state index contributed by atoms with van der Waals surface area (Å²) in [5, 5.41) is 3.18. The van der Waals surface area contributed by atoms with E-state index in [2.05, 4.69) is 124 Å². The molecule has 2 saturated carbocycles. The molecule has 0 spiro atoms. The summed E-state index contributed by atoms with van der Waals surface area (Å²) < 4.78 is 6.51. The van der Waals surface area contributed by atoms with Gasteiger partial charge in [-0.15, -0.1) is 0 Å². The van der Waals surface area contributed by atoms with Gasteiger partial charge in [-0.25, -0.2) is 0 Å². The highest BCUT2D eigenvalue weighted by molar-refractivity contribution is 7.01. The molecular formula is C35H54OSi3. The van der Waals surface area contributed by atoms with E-state index in [9.17, 15) is 0 Å². The molecule has 212 valence electrons. The molecule has 39 heavy (non-hydrogen) atoms. The maximum Gasteiger partial charge on any atom is 0.177 e. The van der Waals surface area contributed by atoms with Gasteiger partial charge < -0.3 is 4.12 Å². The molecule has 0 amide bonds. The maximum atomic E-state index is 6.51. The average molecular weight is 575 g/mol. The average Bonchev–Trinajstić information content (AvgIpc) is 3.70. The van der Waals surface area contributed by atoms with Crippen molar-refractivity contribution in [3.8, 4) is 0 Å². The summed E-state index contributed by atoms with van der Waals surface area (Å²) in [7, 11) is -4.42. The van der Waals surface area contributed by atoms with Crippen molar-refractivity contribution in [3.63, 3.8) is 0 Å². The highest BCUT2D eigenvalue weighted by Gasteiger charge is 2.47. The number of allylic oxidation sites excluding steroid dienone is 4. The molecule has 0 radical (unpaired) electrons. The van der Waals surface area contributed by atoms with Crippen LogP contribution in [0.4, 0.5) is 0 Å². The van der Waals surface area contributed by atoms with Gasteiger partial charge in [0.1, 0.15) is 8.07 Å². The Morgan fingerprint density at radius 1 is 0.641 bits per heavy atom. The summed E-state index contributed by atoms with van der Waals surface area (Å²) in [6, 6.07) is 24.0. The first-order chi connectivity index (χ1) is 18.0. The maximum absolute atomic E-state index is 6.51. The molecule has 4 bridgehead atoms. The molecule has 0 aliphatic heterocycles. The third-order valence-electron chi connectivity index (χ3n) is 9.99. The van der Waals surface area contributed by atoms with Crippen molar-refractivity contribution in [3.05, 3.63) is 85.0 Å². The van der Waals surface area contributed by atoms with Crippen LogP contribution in [0.2, 0.25) is 50.9 Å². The van der Waals surface area contributed by atoms with Crippen LogP contribution in [0.3, 0.4) is 0 Å². The second-order valence-electron chi connectivity index (χ2n) is 14.3. The normalized spacial score (nSPS) is 28.8. The second-order valence-corrected chi connectivity index (χ2v) is 27.7. The Labute approximate surface area is 243 Å². The van der Waals surface area contributed by atoms with Gasteiger partial charge in [0.15, 0.2) is 16.6 Å². The molecule has 2 fully saturated rings. The van der Waals surface area contributed by atoms with E-state index < -0.39 is 24.7 Å². The van der Waals surface area contributed by atoms with Gasteiger partial charge in [0.25, 0.3) is 0 Å². The Hall–Kier alpha value is -1.47. The molecule has 0 heterocycles. The Morgan fingerprint density at radius 2 is 1.15 bits per heavy atom. The van der Waals surface area contributed by atoms with Crippen LogP contribution in [0.15, 0.2) is 85.0 Å². The van der Waals surface area contributed by atoms with Crippen LogP contribution in [0.25, 0.3) is 0 Å². The topological polar surface area (TPSA) is 9.23 Å². The SMILES string of the molecule is C.C[Si](C)(C)O[Si](C)(C)C1CC2C=CC1C2.C[Si](CCC1CC2C=CC1C2)(c1ccccc1)c1ccccc1. The minimum Gasteiger partial charge on any atom is -0.455 e. The number of hydrogen-bond acceptors (Lipinski definition) is 1. The quantitative estimate of drug-likeness (QED) is 0.226. The fourth-order valence-corrected chi connectivity index (χ4v) is 21.0. The lowest BCUT2D eigenvalue weighted by molar-refractivity contribution is 0.433. The molecule has 1 nitrogen and oxygen atoms in total. The molecule has 2 aromatic rings. The van der Waals surface area contributed by atoms with E-state index >= 15 is 0 Å². The molecule has 0 saturated heterocycles. The van der Waals surface area contributed by atoms with Crippen LogP contribution in [-0.2, 0) is 4.12 Å². The summed E-state index contributed by atoms with van der Waals surface area (Å²) >= 11 is 0. The van der Waals surface area contributed by atoms with Crippen molar-refractivity contribution in [2.45, 2.75) is 90.4 Å². The molecule has 0 aromatic heterocycles. The Kier molecular flexibility index (Phi) is 9.52. The molecule has 4 aliphatic rings. The Bertz CT molecular complexity index is 1080. The predicted molar refractivity (Wildman–Crippen MR) is 180 cm³/mol. The monoisotopic (exact) mass is 574 g/mol. The lowest BCUT2D eigenvalue weighted by Crippen LogP contribution is -2.55. The summed E-state index contributed by atoms with van der Waals surface area (Å²) in [6.45, 7) is 14.4. The first-order valence-electron chi connectivity index (χ1n) is 15.2. The number of fused-ring (bicyclic) bond motifs is 4. The van der Waals surface area contributed by atoms with Crippen molar-refractivity contribution < 1.29 is 4.12 Å². The van der Waals surface area contributed by atoms with Gasteiger partial charge in [-0.3, -0.25) is 0 Å². The van der Waals surface area contributed by atoms with E-state index in [1.54, 1.807) is 10.4 Å². The molecule has 0 N–H and O–H groups in total. The summed E-state index contributed by atoms with van der Waals surface area (Å²) in [5.41, 5.74) is 0.888. The molecule has 4 heteroatoms. The highest BCUT2D eigenvalue weighted by atomic mass is 28.4. The van der Waals surface area contributed by atoms with E-state index in [-0.39, 0.29) is 7.43 Å².